The van der Waals surface area contributed by atoms with Crippen molar-refractivity contribution in [2.75, 3.05) is 0 Å². The van der Waals surface area contributed by atoms with E-state index < -0.39 is 5.91 Å². The van der Waals surface area contributed by atoms with Crippen molar-refractivity contribution >= 4 is 29.1 Å². The number of primary amides is 1. The summed E-state index contributed by atoms with van der Waals surface area (Å²) in [6.07, 6.45) is 1.54. The summed E-state index contributed by atoms with van der Waals surface area (Å²) in [6, 6.07) is 8.61. The highest BCUT2D eigenvalue weighted by molar-refractivity contribution is 6.43. The molecule has 0 saturated carbocycles. The molecule has 0 radical (unpaired) electrons. The minimum absolute atomic E-state index is 0.215. The van der Waals surface area contributed by atoms with Crippen LogP contribution in [0.1, 0.15) is 10.5 Å². The Kier molecular flexibility index (Phi) is 3.31. The molecule has 2 N–H and O–H groups in total. The molecule has 3 nitrogen and oxygen atoms in total. The summed E-state index contributed by atoms with van der Waals surface area (Å²) in [7, 11) is 0. The second kappa shape index (κ2) is 4.73. The van der Waals surface area contributed by atoms with E-state index in [2.05, 4.69) is 4.98 Å². The van der Waals surface area contributed by atoms with E-state index in [0.717, 1.165) is 11.1 Å². The maximum atomic E-state index is 10.9. The largest absolute Gasteiger partial charge is 0.364 e. The van der Waals surface area contributed by atoms with Crippen LogP contribution in [0.5, 0.6) is 0 Å². The van der Waals surface area contributed by atoms with E-state index in [-0.39, 0.29) is 5.69 Å². The third kappa shape index (κ3) is 2.40. The van der Waals surface area contributed by atoms with Crippen LogP contribution in [0.2, 0.25) is 10.0 Å². The average Bonchev–Trinajstić information content (AvgIpc) is 2.33. The van der Waals surface area contributed by atoms with Crippen molar-refractivity contribution in [1.29, 1.82) is 0 Å². The summed E-state index contributed by atoms with van der Waals surface area (Å²) < 4.78 is 0. The number of halogens is 2. The molecular formula is C12H8Cl2N2O. The zero-order valence-electron chi connectivity index (χ0n) is 8.65. The highest BCUT2D eigenvalue weighted by Gasteiger charge is 2.08. The molecule has 0 saturated heterocycles. The van der Waals surface area contributed by atoms with Crippen LogP contribution in [0.15, 0.2) is 36.5 Å². The van der Waals surface area contributed by atoms with E-state index in [0.29, 0.717) is 10.0 Å². The number of pyridine rings is 1. The zero-order valence-corrected chi connectivity index (χ0v) is 10.2. The van der Waals surface area contributed by atoms with E-state index in [9.17, 15) is 4.79 Å². The van der Waals surface area contributed by atoms with E-state index >= 15 is 0 Å². The van der Waals surface area contributed by atoms with Gasteiger partial charge in [-0.1, -0.05) is 41.4 Å². The Morgan fingerprint density at radius 1 is 1.18 bits per heavy atom. The Hall–Kier alpha value is -1.58. The number of aromatic nitrogens is 1. The molecule has 1 heterocycles. The molecule has 2 rings (SSSR count). The van der Waals surface area contributed by atoms with Crippen molar-refractivity contribution in [2.45, 2.75) is 0 Å². The summed E-state index contributed by atoms with van der Waals surface area (Å²) >= 11 is 12.0. The Morgan fingerprint density at radius 2 is 1.94 bits per heavy atom. The average molecular weight is 267 g/mol. The number of carbonyl (C=O) groups excluding carboxylic acids is 1. The van der Waals surface area contributed by atoms with Gasteiger partial charge in [0.25, 0.3) is 5.91 Å². The standard InChI is InChI=1S/C12H8Cl2N2O/c13-9-3-1-2-8(11(9)14)7-4-5-10(12(15)17)16-6-7/h1-6H,(H2,15,17). The van der Waals surface area contributed by atoms with Crippen LogP contribution in [0.25, 0.3) is 11.1 Å². The zero-order chi connectivity index (χ0) is 12.4. The van der Waals surface area contributed by atoms with Gasteiger partial charge in [-0.2, -0.15) is 0 Å². The number of hydrogen-bond donors (Lipinski definition) is 1. The first-order valence-corrected chi connectivity index (χ1v) is 5.55. The lowest BCUT2D eigenvalue weighted by molar-refractivity contribution is 0.0995. The van der Waals surface area contributed by atoms with Gasteiger partial charge >= 0.3 is 0 Å². The van der Waals surface area contributed by atoms with Crippen LogP contribution in [0.4, 0.5) is 0 Å². The van der Waals surface area contributed by atoms with Crippen LogP contribution >= 0.6 is 23.2 Å². The van der Waals surface area contributed by atoms with Gasteiger partial charge in [0.15, 0.2) is 0 Å². The molecule has 0 aliphatic rings. The van der Waals surface area contributed by atoms with Gasteiger partial charge in [0, 0.05) is 17.3 Å². The van der Waals surface area contributed by atoms with E-state index in [1.807, 2.05) is 6.07 Å². The molecule has 1 amide bonds. The fourth-order valence-corrected chi connectivity index (χ4v) is 1.84. The maximum Gasteiger partial charge on any atom is 0.267 e. The van der Waals surface area contributed by atoms with Crippen LogP contribution in [0, 0.1) is 0 Å². The molecule has 2 aromatic rings. The van der Waals surface area contributed by atoms with Crippen LogP contribution in [0.3, 0.4) is 0 Å². The molecule has 86 valence electrons. The van der Waals surface area contributed by atoms with Gasteiger partial charge in [-0.25, -0.2) is 0 Å². The molecule has 1 aromatic heterocycles. The molecule has 0 spiro atoms. The molecule has 1 aromatic carbocycles. The molecule has 0 atom stereocenters. The van der Waals surface area contributed by atoms with Gasteiger partial charge in [-0.3, -0.25) is 9.78 Å². The van der Waals surface area contributed by atoms with Gasteiger partial charge in [-0.05, 0) is 12.1 Å². The lowest BCUT2D eigenvalue weighted by Gasteiger charge is -2.05. The molecule has 0 aliphatic carbocycles. The monoisotopic (exact) mass is 266 g/mol. The van der Waals surface area contributed by atoms with Crippen molar-refractivity contribution < 1.29 is 4.79 Å². The smallest absolute Gasteiger partial charge is 0.267 e. The number of benzene rings is 1. The number of hydrogen-bond acceptors (Lipinski definition) is 2. The van der Waals surface area contributed by atoms with Crippen molar-refractivity contribution in [3.05, 3.63) is 52.3 Å². The molecule has 5 heteroatoms. The Labute approximate surface area is 108 Å². The fraction of sp³-hybridized carbons (Fsp3) is 0. The van der Waals surface area contributed by atoms with Gasteiger partial charge in [0.2, 0.25) is 0 Å². The first kappa shape index (κ1) is 11.9. The summed E-state index contributed by atoms with van der Waals surface area (Å²) in [5.41, 5.74) is 6.87. The fourth-order valence-electron chi connectivity index (χ4n) is 1.43. The third-order valence-electron chi connectivity index (χ3n) is 2.28. The normalized spacial score (nSPS) is 10.2. The lowest BCUT2D eigenvalue weighted by Crippen LogP contribution is -2.12. The highest BCUT2D eigenvalue weighted by atomic mass is 35.5. The van der Waals surface area contributed by atoms with Crippen LogP contribution in [-0.4, -0.2) is 10.9 Å². The highest BCUT2D eigenvalue weighted by Crippen LogP contribution is 2.32. The number of amides is 1. The molecule has 0 bridgehead atoms. The van der Waals surface area contributed by atoms with Gasteiger partial charge < -0.3 is 5.73 Å². The Balaban J connectivity index is 2.47. The maximum absolute atomic E-state index is 10.9. The third-order valence-corrected chi connectivity index (χ3v) is 3.10. The summed E-state index contributed by atoms with van der Waals surface area (Å²) in [5.74, 6) is -0.561. The van der Waals surface area contributed by atoms with Crippen molar-refractivity contribution in [3.63, 3.8) is 0 Å². The van der Waals surface area contributed by atoms with E-state index in [1.165, 1.54) is 6.20 Å². The van der Waals surface area contributed by atoms with Gasteiger partial charge in [0.1, 0.15) is 5.69 Å². The first-order chi connectivity index (χ1) is 8.09. The van der Waals surface area contributed by atoms with E-state index in [1.54, 1.807) is 24.3 Å². The van der Waals surface area contributed by atoms with E-state index in [4.69, 9.17) is 28.9 Å². The second-order valence-corrected chi connectivity index (χ2v) is 4.18. The summed E-state index contributed by atoms with van der Waals surface area (Å²) in [4.78, 5) is 14.8. The molecule has 0 unspecified atom stereocenters. The SMILES string of the molecule is NC(=O)c1ccc(-c2cccc(Cl)c2Cl)cn1. The Morgan fingerprint density at radius 3 is 2.53 bits per heavy atom. The molecule has 0 aliphatic heterocycles. The quantitative estimate of drug-likeness (QED) is 0.908. The predicted molar refractivity (Wildman–Crippen MR) is 68.2 cm³/mol. The van der Waals surface area contributed by atoms with Crippen LogP contribution < -0.4 is 5.73 Å². The molecular weight excluding hydrogens is 259 g/mol. The van der Waals surface area contributed by atoms with Crippen LogP contribution in [-0.2, 0) is 0 Å². The predicted octanol–water partition coefficient (Wildman–Crippen LogP) is 3.15. The van der Waals surface area contributed by atoms with Crippen molar-refractivity contribution in [2.24, 2.45) is 5.73 Å². The minimum atomic E-state index is -0.561. The first-order valence-electron chi connectivity index (χ1n) is 4.80. The Bertz CT molecular complexity index is 567. The molecule has 17 heavy (non-hydrogen) atoms. The number of nitrogens with zero attached hydrogens (tertiary/aromatic N) is 1. The number of carbonyl (C=O) groups is 1. The van der Waals surface area contributed by atoms with Gasteiger partial charge in [-0.15, -0.1) is 0 Å². The number of rotatable bonds is 2. The topological polar surface area (TPSA) is 56.0 Å². The van der Waals surface area contributed by atoms with Crippen molar-refractivity contribution in [3.8, 4) is 11.1 Å². The summed E-state index contributed by atoms with van der Waals surface area (Å²) in [6.45, 7) is 0. The molecule has 0 fully saturated rings. The second-order valence-electron chi connectivity index (χ2n) is 3.40. The minimum Gasteiger partial charge on any atom is -0.364 e. The van der Waals surface area contributed by atoms with Crippen molar-refractivity contribution in [1.82, 2.24) is 4.98 Å². The summed E-state index contributed by atoms with van der Waals surface area (Å²) in [5, 5.41) is 0.936. The number of nitrogens with two attached hydrogens (primary N) is 1. The lowest BCUT2D eigenvalue weighted by atomic mass is 10.1. The van der Waals surface area contributed by atoms with Gasteiger partial charge in [0.05, 0.1) is 10.0 Å².